The van der Waals surface area contributed by atoms with E-state index in [9.17, 15) is 23.2 Å². The second-order valence-electron chi connectivity index (χ2n) is 9.45. The third kappa shape index (κ3) is 4.61. The molecule has 186 valence electrons. The Hall–Kier alpha value is -4.00. The molecule has 3 amide bonds. The van der Waals surface area contributed by atoms with Gasteiger partial charge in [0.2, 0.25) is 17.7 Å². The lowest BCUT2D eigenvalue weighted by atomic mass is 9.87. The first kappa shape index (κ1) is 23.7. The molecule has 0 aliphatic carbocycles. The molecule has 0 spiro atoms. The number of amides is 3. The normalized spacial score (nSPS) is 21.9. The number of nitrogens with one attached hydrogen (secondary N) is 3. The van der Waals surface area contributed by atoms with Gasteiger partial charge in [0.15, 0.2) is 0 Å². The number of hydrogen-bond acceptors (Lipinski definition) is 5. The highest BCUT2D eigenvalue weighted by Gasteiger charge is 2.47. The molecule has 0 bridgehead atoms. The van der Waals surface area contributed by atoms with Crippen LogP contribution in [0.15, 0.2) is 36.4 Å². The lowest BCUT2D eigenvalue weighted by Gasteiger charge is -2.26. The number of anilines is 2. The van der Waals surface area contributed by atoms with Crippen LogP contribution in [0.4, 0.5) is 20.2 Å². The molecule has 36 heavy (non-hydrogen) atoms. The van der Waals surface area contributed by atoms with Crippen molar-refractivity contribution in [3.8, 4) is 17.2 Å². The van der Waals surface area contributed by atoms with Gasteiger partial charge in [0.1, 0.15) is 6.04 Å². The number of likely N-dealkylation sites (tertiary alicyclic amines) is 1. The largest absolute Gasteiger partial charge is 0.385 e. The maximum absolute atomic E-state index is 13.7. The van der Waals surface area contributed by atoms with Crippen LogP contribution in [0.2, 0.25) is 0 Å². The van der Waals surface area contributed by atoms with Crippen LogP contribution in [0.5, 0.6) is 0 Å². The number of carbonyl (C=O) groups excluding carboxylic acids is 3. The van der Waals surface area contributed by atoms with Gasteiger partial charge >= 0.3 is 0 Å². The summed E-state index contributed by atoms with van der Waals surface area (Å²) in [6, 6.07) is 12.2. The lowest BCUT2D eigenvalue weighted by Crippen LogP contribution is -2.44. The van der Waals surface area contributed by atoms with E-state index < -0.39 is 49.2 Å². The molecule has 10 heteroatoms. The lowest BCUT2D eigenvalue weighted by molar-refractivity contribution is -0.134. The molecule has 8 nitrogen and oxygen atoms in total. The summed E-state index contributed by atoms with van der Waals surface area (Å²) in [5.74, 6) is -5.61. The second kappa shape index (κ2) is 9.22. The minimum Gasteiger partial charge on any atom is -0.385 e. The molecule has 2 aromatic rings. The van der Waals surface area contributed by atoms with E-state index in [0.717, 1.165) is 41.1 Å². The zero-order valence-electron chi connectivity index (χ0n) is 19.4. The Morgan fingerprint density at radius 1 is 1.17 bits per heavy atom. The van der Waals surface area contributed by atoms with Gasteiger partial charge < -0.3 is 20.9 Å². The van der Waals surface area contributed by atoms with Crippen LogP contribution in [0.1, 0.15) is 36.3 Å². The summed E-state index contributed by atoms with van der Waals surface area (Å²) in [5.41, 5.74) is 5.36. The minimum absolute atomic E-state index is 0.104. The van der Waals surface area contributed by atoms with Crippen molar-refractivity contribution < 1.29 is 23.2 Å². The molecule has 1 saturated heterocycles. The topological polar surface area (TPSA) is 114 Å². The number of nitriles is 1. The fourth-order valence-corrected chi connectivity index (χ4v) is 5.11. The number of alkyl halides is 2. The zero-order valence-corrected chi connectivity index (χ0v) is 19.4. The van der Waals surface area contributed by atoms with Crippen LogP contribution in [0.25, 0.3) is 11.1 Å². The van der Waals surface area contributed by atoms with E-state index in [1.54, 1.807) is 12.1 Å². The molecule has 0 radical (unpaired) electrons. The second-order valence-corrected chi connectivity index (χ2v) is 9.45. The highest BCUT2D eigenvalue weighted by molar-refractivity contribution is 6.02. The van der Waals surface area contributed by atoms with E-state index in [1.165, 1.54) is 5.56 Å². The summed E-state index contributed by atoms with van der Waals surface area (Å²) in [6.07, 6.45) is 1.21. The average molecular weight is 494 g/mol. The molecule has 3 aliphatic heterocycles. The third-order valence-electron chi connectivity index (χ3n) is 6.94. The van der Waals surface area contributed by atoms with E-state index >= 15 is 0 Å². The number of carbonyl (C=O) groups is 3. The van der Waals surface area contributed by atoms with Gasteiger partial charge in [-0.25, -0.2) is 8.78 Å². The van der Waals surface area contributed by atoms with E-state index in [2.05, 4.69) is 22.0 Å². The summed E-state index contributed by atoms with van der Waals surface area (Å²) >= 11 is 0. The van der Waals surface area contributed by atoms with Crippen molar-refractivity contribution in [3.05, 3.63) is 47.5 Å². The van der Waals surface area contributed by atoms with Crippen LogP contribution in [-0.2, 0) is 20.8 Å². The Morgan fingerprint density at radius 3 is 2.69 bits per heavy atom. The fourth-order valence-electron chi connectivity index (χ4n) is 5.11. The Kier molecular flexibility index (Phi) is 6.08. The number of benzene rings is 2. The van der Waals surface area contributed by atoms with Crippen molar-refractivity contribution >= 4 is 29.1 Å². The van der Waals surface area contributed by atoms with Crippen molar-refractivity contribution in [3.63, 3.8) is 0 Å². The van der Waals surface area contributed by atoms with Crippen molar-refractivity contribution in [1.82, 2.24) is 10.2 Å². The van der Waals surface area contributed by atoms with Gasteiger partial charge in [0, 0.05) is 30.8 Å². The molecule has 3 N–H and O–H groups in total. The van der Waals surface area contributed by atoms with Gasteiger partial charge in [0.05, 0.1) is 25.1 Å². The number of nitrogens with zero attached hydrogens (tertiary/aromatic N) is 2. The van der Waals surface area contributed by atoms with Gasteiger partial charge in [-0.2, -0.15) is 5.26 Å². The maximum atomic E-state index is 13.7. The van der Waals surface area contributed by atoms with Crippen LogP contribution >= 0.6 is 0 Å². The first-order chi connectivity index (χ1) is 17.2. The minimum atomic E-state index is -3.14. The Labute approximate surface area is 206 Å². The van der Waals surface area contributed by atoms with Crippen LogP contribution < -0.4 is 16.0 Å². The molecular weight excluding hydrogens is 468 g/mol. The summed E-state index contributed by atoms with van der Waals surface area (Å²) in [7, 11) is 0. The molecule has 5 rings (SSSR count). The number of hydrogen-bond donors (Lipinski definition) is 3. The van der Waals surface area contributed by atoms with E-state index in [4.69, 9.17) is 5.26 Å². The third-order valence-corrected chi connectivity index (χ3v) is 6.94. The van der Waals surface area contributed by atoms with Crippen molar-refractivity contribution in [1.29, 1.82) is 5.26 Å². The first-order valence-corrected chi connectivity index (χ1v) is 11.9. The molecule has 2 unspecified atom stereocenters. The van der Waals surface area contributed by atoms with E-state index in [1.807, 2.05) is 24.3 Å². The van der Waals surface area contributed by atoms with Gasteiger partial charge in [-0.1, -0.05) is 12.1 Å². The Balaban J connectivity index is 1.34. The monoisotopic (exact) mass is 493 g/mol. The van der Waals surface area contributed by atoms with Crippen LogP contribution in [0, 0.1) is 11.3 Å². The standard InChI is InChI=1S/C26H25F2N5O3/c27-26(28)11-18(12-29)33(14-26)24(35)13-31-25(36)20-10-23(34)32-22-6-4-16(9-19(20)22)15-3-5-21-17(8-15)2-1-7-30-21/h3-6,8-9,18,20,30H,1-2,7,10-11,13-14H2,(H,31,36)(H,32,34). The molecule has 3 heterocycles. The Morgan fingerprint density at radius 2 is 1.92 bits per heavy atom. The van der Waals surface area contributed by atoms with Gasteiger partial charge in [0.25, 0.3) is 5.92 Å². The van der Waals surface area contributed by atoms with Crippen LogP contribution in [-0.4, -0.2) is 54.2 Å². The predicted molar refractivity (Wildman–Crippen MR) is 128 cm³/mol. The average Bonchev–Trinajstić information content (AvgIpc) is 3.20. The van der Waals surface area contributed by atoms with Crippen molar-refractivity contribution in [2.75, 3.05) is 30.3 Å². The van der Waals surface area contributed by atoms with Gasteiger partial charge in [-0.3, -0.25) is 14.4 Å². The molecule has 2 aromatic carbocycles. The van der Waals surface area contributed by atoms with Crippen LogP contribution in [0.3, 0.4) is 0 Å². The molecular formula is C26H25F2N5O3. The van der Waals surface area contributed by atoms with Gasteiger partial charge in [-0.05, 0) is 59.4 Å². The predicted octanol–water partition coefficient (Wildman–Crippen LogP) is 3.01. The number of aryl methyl sites for hydroxylation is 1. The zero-order chi connectivity index (χ0) is 25.4. The summed E-state index contributed by atoms with van der Waals surface area (Å²) in [6.45, 7) is -0.437. The molecule has 0 saturated carbocycles. The number of fused-ring (bicyclic) bond motifs is 2. The first-order valence-electron chi connectivity index (χ1n) is 11.9. The summed E-state index contributed by atoms with van der Waals surface area (Å²) in [4.78, 5) is 38.6. The quantitative estimate of drug-likeness (QED) is 0.606. The number of halogens is 2. The molecule has 1 fully saturated rings. The summed E-state index contributed by atoms with van der Waals surface area (Å²) in [5, 5.41) is 17.8. The number of rotatable bonds is 4. The summed E-state index contributed by atoms with van der Waals surface area (Å²) < 4.78 is 27.4. The maximum Gasteiger partial charge on any atom is 0.268 e. The van der Waals surface area contributed by atoms with Gasteiger partial charge in [-0.15, -0.1) is 0 Å². The molecule has 0 aromatic heterocycles. The fraction of sp³-hybridized carbons (Fsp3) is 0.385. The molecule has 2 atom stereocenters. The van der Waals surface area contributed by atoms with E-state index in [-0.39, 0.29) is 12.3 Å². The van der Waals surface area contributed by atoms with Crippen molar-refractivity contribution in [2.24, 2.45) is 0 Å². The van der Waals surface area contributed by atoms with Crippen molar-refractivity contribution in [2.45, 2.75) is 43.6 Å². The Bertz CT molecular complexity index is 1290. The highest BCUT2D eigenvalue weighted by Crippen LogP contribution is 2.37. The smallest absolute Gasteiger partial charge is 0.268 e. The SMILES string of the molecule is N#CC1CC(F)(F)CN1C(=O)CNC(=O)C1CC(=O)Nc2ccc(-c3ccc4c(c3)CCCN4)cc21. The highest BCUT2D eigenvalue weighted by atomic mass is 19.3. The van der Waals surface area contributed by atoms with E-state index in [0.29, 0.717) is 11.3 Å². The molecule has 3 aliphatic rings.